The van der Waals surface area contributed by atoms with E-state index >= 15 is 0 Å². The van der Waals surface area contributed by atoms with Gasteiger partial charge in [0, 0.05) is 11.8 Å². The minimum Gasteiger partial charge on any atom is -0.382 e. The Morgan fingerprint density at radius 1 is 1.27 bits per heavy atom. The second-order valence-electron chi connectivity index (χ2n) is 3.57. The van der Waals surface area contributed by atoms with Gasteiger partial charge in [-0.2, -0.15) is 5.10 Å². The molecule has 0 amide bonds. The Kier molecular flexibility index (Phi) is 2.19. The van der Waals surface area contributed by atoms with Crippen LogP contribution in [-0.4, -0.2) is 9.78 Å². The minimum absolute atomic E-state index is 0.242. The molecule has 2 rings (SSSR count). The molecule has 1 aromatic heterocycles. The molecule has 4 heteroatoms. The molecule has 2 aromatic rings. The van der Waals surface area contributed by atoms with Gasteiger partial charge in [0.25, 0.3) is 0 Å². The van der Waals surface area contributed by atoms with Gasteiger partial charge in [0.1, 0.15) is 11.6 Å². The summed E-state index contributed by atoms with van der Waals surface area (Å²) in [7, 11) is 0. The van der Waals surface area contributed by atoms with Gasteiger partial charge >= 0.3 is 0 Å². The Morgan fingerprint density at radius 3 is 2.53 bits per heavy atom. The number of hydrogen-bond donors (Lipinski definition) is 1. The molecule has 0 spiro atoms. The van der Waals surface area contributed by atoms with Crippen molar-refractivity contribution in [1.82, 2.24) is 9.78 Å². The van der Waals surface area contributed by atoms with Crippen molar-refractivity contribution in [2.45, 2.75) is 13.8 Å². The van der Waals surface area contributed by atoms with E-state index in [2.05, 4.69) is 5.10 Å². The van der Waals surface area contributed by atoms with Gasteiger partial charge in [-0.1, -0.05) is 0 Å². The second kappa shape index (κ2) is 3.38. The maximum absolute atomic E-state index is 12.9. The van der Waals surface area contributed by atoms with Gasteiger partial charge in [-0.05, 0) is 37.6 Å². The van der Waals surface area contributed by atoms with E-state index in [0.29, 0.717) is 5.82 Å². The molecule has 0 aliphatic heterocycles. The van der Waals surface area contributed by atoms with Crippen LogP contribution >= 0.6 is 0 Å². The quantitative estimate of drug-likeness (QED) is 0.775. The summed E-state index contributed by atoms with van der Waals surface area (Å²) in [5.41, 5.74) is 8.24. The molecular weight excluding hydrogens is 193 g/mol. The second-order valence-corrected chi connectivity index (χ2v) is 3.57. The summed E-state index contributed by atoms with van der Waals surface area (Å²) in [5, 5.41) is 4.14. The topological polar surface area (TPSA) is 43.8 Å². The predicted molar refractivity (Wildman–Crippen MR) is 57.4 cm³/mol. The number of aryl methyl sites for hydroxylation is 2. The monoisotopic (exact) mass is 205 g/mol. The molecule has 0 saturated carbocycles. The smallest absolute Gasteiger partial charge is 0.148 e. The summed E-state index contributed by atoms with van der Waals surface area (Å²) in [4.78, 5) is 0. The van der Waals surface area contributed by atoms with Crippen LogP contribution in [0.15, 0.2) is 24.4 Å². The molecule has 0 unspecified atom stereocenters. The van der Waals surface area contributed by atoms with Gasteiger partial charge in [0.2, 0.25) is 0 Å². The van der Waals surface area contributed by atoms with Crippen molar-refractivity contribution in [1.29, 1.82) is 0 Å². The van der Waals surface area contributed by atoms with Gasteiger partial charge in [0.05, 0.1) is 5.69 Å². The first-order valence-corrected chi connectivity index (χ1v) is 4.66. The molecule has 0 fully saturated rings. The number of anilines is 1. The van der Waals surface area contributed by atoms with E-state index in [9.17, 15) is 4.39 Å². The van der Waals surface area contributed by atoms with Crippen molar-refractivity contribution in [3.63, 3.8) is 0 Å². The zero-order valence-corrected chi connectivity index (χ0v) is 8.66. The van der Waals surface area contributed by atoms with E-state index < -0.39 is 0 Å². The Labute approximate surface area is 87.3 Å². The molecule has 3 nitrogen and oxygen atoms in total. The molecule has 0 saturated heterocycles. The third-order valence-electron chi connectivity index (χ3n) is 2.34. The summed E-state index contributed by atoms with van der Waals surface area (Å²) >= 11 is 0. The van der Waals surface area contributed by atoms with Crippen molar-refractivity contribution in [2.24, 2.45) is 0 Å². The van der Waals surface area contributed by atoms with Crippen molar-refractivity contribution in [2.75, 3.05) is 5.73 Å². The van der Waals surface area contributed by atoms with Crippen molar-refractivity contribution in [3.8, 4) is 5.69 Å². The van der Waals surface area contributed by atoms with Gasteiger partial charge in [-0.15, -0.1) is 0 Å². The number of rotatable bonds is 1. The SMILES string of the molecule is Cc1cc(F)ccc1-n1cc(C)c(N)n1. The average molecular weight is 205 g/mol. The first-order chi connectivity index (χ1) is 7.08. The van der Waals surface area contributed by atoms with E-state index in [1.54, 1.807) is 10.7 Å². The number of nitrogens with two attached hydrogens (primary N) is 1. The van der Waals surface area contributed by atoms with Gasteiger partial charge in [-0.3, -0.25) is 0 Å². The molecule has 0 atom stereocenters. The highest BCUT2D eigenvalue weighted by molar-refractivity contribution is 5.44. The normalized spacial score (nSPS) is 10.6. The van der Waals surface area contributed by atoms with Crippen LogP contribution in [0, 0.1) is 19.7 Å². The van der Waals surface area contributed by atoms with Crippen LogP contribution in [0.4, 0.5) is 10.2 Å². The third-order valence-corrected chi connectivity index (χ3v) is 2.34. The molecule has 0 aliphatic carbocycles. The maximum Gasteiger partial charge on any atom is 0.148 e. The number of nitrogens with zero attached hydrogens (tertiary/aromatic N) is 2. The third kappa shape index (κ3) is 1.70. The fourth-order valence-electron chi connectivity index (χ4n) is 1.47. The van der Waals surface area contributed by atoms with Crippen LogP contribution in [0.1, 0.15) is 11.1 Å². The standard InChI is InChI=1S/C11H12FN3/c1-7-5-9(12)3-4-10(7)15-6-8(2)11(13)14-15/h3-6H,1-2H3,(H2,13,14). The average Bonchev–Trinajstić information content (AvgIpc) is 2.46. The van der Waals surface area contributed by atoms with Gasteiger partial charge in [-0.25, -0.2) is 9.07 Å². The lowest BCUT2D eigenvalue weighted by Gasteiger charge is -2.04. The van der Waals surface area contributed by atoms with Crippen LogP contribution in [0.3, 0.4) is 0 Å². The van der Waals surface area contributed by atoms with Crippen molar-refractivity contribution in [3.05, 3.63) is 41.3 Å². The van der Waals surface area contributed by atoms with Gasteiger partial charge in [0.15, 0.2) is 0 Å². The number of halogens is 1. The van der Waals surface area contributed by atoms with E-state index in [4.69, 9.17) is 5.73 Å². The summed E-state index contributed by atoms with van der Waals surface area (Å²) in [6, 6.07) is 4.58. The van der Waals surface area contributed by atoms with Crippen molar-refractivity contribution < 1.29 is 4.39 Å². The molecule has 0 radical (unpaired) electrons. The van der Waals surface area contributed by atoms with Gasteiger partial charge < -0.3 is 5.73 Å². The molecule has 0 aliphatic rings. The molecule has 15 heavy (non-hydrogen) atoms. The summed E-state index contributed by atoms with van der Waals surface area (Å²) in [6.07, 6.45) is 1.83. The highest BCUT2D eigenvalue weighted by Gasteiger charge is 2.06. The predicted octanol–water partition coefficient (Wildman–Crippen LogP) is 2.21. The lowest BCUT2D eigenvalue weighted by molar-refractivity contribution is 0.625. The van der Waals surface area contributed by atoms with E-state index in [-0.39, 0.29) is 5.82 Å². The van der Waals surface area contributed by atoms with Crippen LogP contribution in [0.25, 0.3) is 5.69 Å². The van der Waals surface area contributed by atoms with Crippen LogP contribution in [-0.2, 0) is 0 Å². The zero-order chi connectivity index (χ0) is 11.0. The van der Waals surface area contributed by atoms with Crippen LogP contribution < -0.4 is 5.73 Å². The van der Waals surface area contributed by atoms with Crippen molar-refractivity contribution >= 4 is 5.82 Å². The first-order valence-electron chi connectivity index (χ1n) is 4.66. The molecule has 78 valence electrons. The highest BCUT2D eigenvalue weighted by atomic mass is 19.1. The molecule has 1 heterocycles. The molecular formula is C11H12FN3. The number of nitrogen functional groups attached to an aromatic ring is 1. The Hall–Kier alpha value is -1.84. The van der Waals surface area contributed by atoms with E-state index in [1.165, 1.54) is 12.1 Å². The lowest BCUT2D eigenvalue weighted by Crippen LogP contribution is -1.99. The fraction of sp³-hybridized carbons (Fsp3) is 0.182. The fourth-order valence-corrected chi connectivity index (χ4v) is 1.47. The van der Waals surface area contributed by atoms with E-state index in [1.807, 2.05) is 20.0 Å². The lowest BCUT2D eigenvalue weighted by atomic mass is 10.2. The number of benzene rings is 1. The molecule has 1 aromatic carbocycles. The Balaban J connectivity index is 2.54. The summed E-state index contributed by atoms with van der Waals surface area (Å²) in [6.45, 7) is 3.73. The molecule has 0 bridgehead atoms. The van der Waals surface area contributed by atoms with Crippen LogP contribution in [0.2, 0.25) is 0 Å². The Morgan fingerprint density at radius 2 is 2.00 bits per heavy atom. The summed E-state index contributed by atoms with van der Waals surface area (Å²) in [5.74, 6) is 0.256. The number of hydrogen-bond acceptors (Lipinski definition) is 2. The highest BCUT2D eigenvalue weighted by Crippen LogP contribution is 2.17. The maximum atomic E-state index is 12.9. The molecule has 2 N–H and O–H groups in total. The van der Waals surface area contributed by atoms with E-state index in [0.717, 1.165) is 16.8 Å². The minimum atomic E-state index is -0.242. The van der Waals surface area contributed by atoms with Crippen LogP contribution in [0.5, 0.6) is 0 Å². The summed E-state index contributed by atoms with van der Waals surface area (Å²) < 4.78 is 14.6. The zero-order valence-electron chi connectivity index (χ0n) is 8.66. The Bertz CT molecular complexity index is 483. The largest absolute Gasteiger partial charge is 0.382 e. The first kappa shape index (κ1) is 9.71. The number of aromatic nitrogens is 2.